The molecular formula is C10H7BrN2S. The summed E-state index contributed by atoms with van der Waals surface area (Å²) in [5, 5.41) is 0. The summed E-state index contributed by atoms with van der Waals surface area (Å²) in [7, 11) is 0. The second kappa shape index (κ2) is 4.02. The minimum atomic E-state index is 0.599. The molecule has 0 unspecified atom stereocenters. The fourth-order valence-electron chi connectivity index (χ4n) is 1.16. The molecule has 14 heavy (non-hydrogen) atoms. The topological polar surface area (TPSA) is 28.7 Å². The van der Waals surface area contributed by atoms with Gasteiger partial charge in [-0.05, 0) is 23.8 Å². The Hall–Kier alpha value is -1.00. The fourth-order valence-corrected chi connectivity index (χ4v) is 1.60. The Morgan fingerprint density at radius 2 is 1.93 bits per heavy atom. The van der Waals surface area contributed by atoms with E-state index in [0.29, 0.717) is 4.64 Å². The van der Waals surface area contributed by atoms with Crippen LogP contribution in [0.2, 0.25) is 0 Å². The van der Waals surface area contributed by atoms with Crippen LogP contribution in [-0.2, 0) is 0 Å². The lowest BCUT2D eigenvalue weighted by molar-refractivity contribution is 1.16. The number of nitrogens with zero attached hydrogens (tertiary/aromatic N) is 1. The zero-order valence-electron chi connectivity index (χ0n) is 7.20. The van der Waals surface area contributed by atoms with E-state index in [2.05, 4.69) is 25.9 Å². The number of aromatic amines is 1. The zero-order valence-corrected chi connectivity index (χ0v) is 9.60. The van der Waals surface area contributed by atoms with Crippen LogP contribution in [0.4, 0.5) is 0 Å². The molecule has 0 spiro atoms. The van der Waals surface area contributed by atoms with E-state index in [4.69, 9.17) is 12.2 Å². The molecule has 0 fully saturated rings. The van der Waals surface area contributed by atoms with Gasteiger partial charge >= 0.3 is 0 Å². The van der Waals surface area contributed by atoms with Crippen LogP contribution >= 0.6 is 28.1 Å². The van der Waals surface area contributed by atoms with Crippen LogP contribution in [0.15, 0.2) is 41.1 Å². The van der Waals surface area contributed by atoms with E-state index in [1.54, 1.807) is 6.33 Å². The first-order valence-corrected chi connectivity index (χ1v) is 5.26. The first kappa shape index (κ1) is 9.55. The zero-order chi connectivity index (χ0) is 9.97. The predicted molar refractivity (Wildman–Crippen MR) is 62.6 cm³/mol. The maximum atomic E-state index is 4.98. The summed E-state index contributed by atoms with van der Waals surface area (Å²) in [6, 6.07) is 9.87. The molecule has 0 atom stereocenters. The highest BCUT2D eigenvalue weighted by Gasteiger charge is 1.96. The van der Waals surface area contributed by atoms with Crippen molar-refractivity contribution >= 4 is 28.1 Å². The van der Waals surface area contributed by atoms with E-state index < -0.39 is 0 Å². The van der Waals surface area contributed by atoms with E-state index in [9.17, 15) is 0 Å². The Labute approximate surface area is 95.2 Å². The average Bonchev–Trinajstić information content (AvgIpc) is 2.19. The van der Waals surface area contributed by atoms with Crippen molar-refractivity contribution in [3.05, 3.63) is 45.8 Å². The molecule has 0 aliphatic heterocycles. The SMILES string of the molecule is S=c1cc(-c2ccc(Br)cc2)[nH]cn1. The van der Waals surface area contributed by atoms with Gasteiger partial charge in [-0.15, -0.1) is 0 Å². The van der Waals surface area contributed by atoms with Crippen molar-refractivity contribution in [3.63, 3.8) is 0 Å². The lowest BCUT2D eigenvalue weighted by Crippen LogP contribution is -1.84. The van der Waals surface area contributed by atoms with Crippen molar-refractivity contribution in [2.75, 3.05) is 0 Å². The maximum Gasteiger partial charge on any atom is 0.130 e. The molecule has 0 saturated carbocycles. The van der Waals surface area contributed by atoms with E-state index in [-0.39, 0.29) is 0 Å². The van der Waals surface area contributed by atoms with Crippen LogP contribution < -0.4 is 0 Å². The number of rotatable bonds is 1. The molecule has 0 saturated heterocycles. The van der Waals surface area contributed by atoms with Crippen LogP contribution in [0.3, 0.4) is 0 Å². The number of benzene rings is 1. The van der Waals surface area contributed by atoms with Gasteiger partial charge in [-0.2, -0.15) is 0 Å². The Balaban J connectivity index is 2.50. The molecule has 70 valence electrons. The first-order chi connectivity index (χ1) is 6.75. The number of nitrogens with one attached hydrogen (secondary N) is 1. The minimum Gasteiger partial charge on any atom is -0.346 e. The highest BCUT2D eigenvalue weighted by Crippen LogP contribution is 2.18. The smallest absolute Gasteiger partial charge is 0.130 e. The van der Waals surface area contributed by atoms with Crippen molar-refractivity contribution in [1.29, 1.82) is 0 Å². The van der Waals surface area contributed by atoms with Crippen molar-refractivity contribution in [2.24, 2.45) is 0 Å². The van der Waals surface area contributed by atoms with Crippen molar-refractivity contribution < 1.29 is 0 Å². The molecular weight excluding hydrogens is 260 g/mol. The summed E-state index contributed by atoms with van der Waals surface area (Å²) in [5.74, 6) is 0. The molecule has 2 aromatic rings. The summed E-state index contributed by atoms with van der Waals surface area (Å²) in [5.41, 5.74) is 2.08. The van der Waals surface area contributed by atoms with Gasteiger partial charge in [0.25, 0.3) is 0 Å². The van der Waals surface area contributed by atoms with Crippen LogP contribution in [-0.4, -0.2) is 9.97 Å². The van der Waals surface area contributed by atoms with E-state index in [0.717, 1.165) is 15.7 Å². The predicted octanol–water partition coefficient (Wildman–Crippen LogP) is 3.57. The van der Waals surface area contributed by atoms with Crippen LogP contribution in [0.25, 0.3) is 11.3 Å². The van der Waals surface area contributed by atoms with E-state index >= 15 is 0 Å². The number of H-pyrrole nitrogens is 1. The molecule has 1 aromatic heterocycles. The van der Waals surface area contributed by atoms with Crippen molar-refractivity contribution in [2.45, 2.75) is 0 Å². The lowest BCUT2D eigenvalue weighted by atomic mass is 10.1. The highest BCUT2D eigenvalue weighted by atomic mass is 79.9. The minimum absolute atomic E-state index is 0.599. The summed E-state index contributed by atoms with van der Waals surface area (Å²) in [4.78, 5) is 6.98. The number of halogens is 1. The molecule has 0 radical (unpaired) electrons. The van der Waals surface area contributed by atoms with E-state index in [1.807, 2.05) is 30.3 Å². The number of hydrogen-bond acceptors (Lipinski definition) is 2. The molecule has 0 aliphatic carbocycles. The van der Waals surface area contributed by atoms with Gasteiger partial charge in [-0.3, -0.25) is 0 Å². The standard InChI is InChI=1S/C10H7BrN2S/c11-8-3-1-7(2-4-8)9-5-10(14)13-6-12-9/h1-6H,(H,12,13,14). The molecule has 0 amide bonds. The molecule has 1 heterocycles. The summed E-state index contributed by atoms with van der Waals surface area (Å²) in [6.45, 7) is 0. The lowest BCUT2D eigenvalue weighted by Gasteiger charge is -2.00. The summed E-state index contributed by atoms with van der Waals surface area (Å²) >= 11 is 8.37. The molecule has 2 nitrogen and oxygen atoms in total. The van der Waals surface area contributed by atoms with Gasteiger partial charge in [0.2, 0.25) is 0 Å². The third-order valence-corrected chi connectivity index (χ3v) is 2.59. The fraction of sp³-hybridized carbons (Fsp3) is 0. The van der Waals surface area contributed by atoms with Crippen molar-refractivity contribution in [3.8, 4) is 11.3 Å². The number of aromatic nitrogens is 2. The van der Waals surface area contributed by atoms with Gasteiger partial charge in [0.05, 0.1) is 6.33 Å². The molecule has 1 N–H and O–H groups in total. The third-order valence-electron chi connectivity index (χ3n) is 1.83. The third kappa shape index (κ3) is 2.08. The second-order valence-corrected chi connectivity index (χ2v) is 4.14. The number of hydrogen-bond donors (Lipinski definition) is 1. The Morgan fingerprint density at radius 1 is 1.21 bits per heavy atom. The summed E-state index contributed by atoms with van der Waals surface area (Å²) in [6.07, 6.45) is 1.61. The molecule has 1 aromatic carbocycles. The van der Waals surface area contributed by atoms with Crippen LogP contribution in [0.5, 0.6) is 0 Å². The molecule has 0 bridgehead atoms. The largest absolute Gasteiger partial charge is 0.346 e. The first-order valence-electron chi connectivity index (χ1n) is 4.06. The van der Waals surface area contributed by atoms with Gasteiger partial charge < -0.3 is 4.98 Å². The highest BCUT2D eigenvalue weighted by molar-refractivity contribution is 9.10. The van der Waals surface area contributed by atoms with Crippen molar-refractivity contribution in [1.82, 2.24) is 9.97 Å². The average molecular weight is 267 g/mol. The summed E-state index contributed by atoms with van der Waals surface area (Å²) < 4.78 is 1.66. The van der Waals surface area contributed by atoms with Crippen LogP contribution in [0.1, 0.15) is 0 Å². The Kier molecular flexibility index (Phi) is 2.74. The molecule has 2 rings (SSSR count). The van der Waals surface area contributed by atoms with Gasteiger partial charge in [0.15, 0.2) is 0 Å². The van der Waals surface area contributed by atoms with Gasteiger partial charge in [-0.25, -0.2) is 4.98 Å². The normalized spacial score (nSPS) is 10.1. The van der Waals surface area contributed by atoms with Gasteiger partial charge in [-0.1, -0.05) is 40.3 Å². The maximum absolute atomic E-state index is 4.98. The molecule has 4 heteroatoms. The van der Waals surface area contributed by atoms with E-state index in [1.165, 1.54) is 0 Å². The van der Waals surface area contributed by atoms with Crippen LogP contribution in [0, 0.1) is 4.64 Å². The Bertz CT molecular complexity index is 490. The monoisotopic (exact) mass is 266 g/mol. The van der Waals surface area contributed by atoms with Gasteiger partial charge in [0.1, 0.15) is 4.64 Å². The quantitative estimate of drug-likeness (QED) is 0.800. The van der Waals surface area contributed by atoms with Gasteiger partial charge in [0, 0.05) is 10.2 Å². The Morgan fingerprint density at radius 3 is 2.57 bits per heavy atom. The molecule has 0 aliphatic rings. The second-order valence-electron chi connectivity index (χ2n) is 2.81.